The summed E-state index contributed by atoms with van der Waals surface area (Å²) in [6.45, 7) is 9.89. The van der Waals surface area contributed by atoms with Gasteiger partial charge in [-0.1, -0.05) is 13.0 Å². The smallest absolute Gasteiger partial charge is 0.410 e. The Bertz CT molecular complexity index is 525. The first kappa shape index (κ1) is 17.7. The predicted octanol–water partition coefficient (Wildman–Crippen LogP) is 3.31. The first-order chi connectivity index (χ1) is 10.9. The van der Waals surface area contributed by atoms with Crippen molar-refractivity contribution < 1.29 is 9.53 Å². The summed E-state index contributed by atoms with van der Waals surface area (Å²) in [4.78, 5) is 18.5. The molecule has 1 amide bonds. The fraction of sp³-hybridized carbons (Fsp3) is 0.667. The number of nitrogens with zero attached hydrogens (tertiary/aromatic N) is 2. The lowest BCUT2D eigenvalue weighted by atomic mass is 10.2. The van der Waals surface area contributed by atoms with Gasteiger partial charge in [-0.3, -0.25) is 4.98 Å². The quantitative estimate of drug-likeness (QED) is 0.874. The molecule has 1 atom stereocenters. The maximum absolute atomic E-state index is 12.2. The second-order valence-corrected chi connectivity index (χ2v) is 7.06. The van der Waals surface area contributed by atoms with Crippen molar-refractivity contribution in [3.8, 4) is 0 Å². The first-order valence-electron chi connectivity index (χ1n) is 8.56. The van der Waals surface area contributed by atoms with E-state index in [2.05, 4.69) is 23.3 Å². The molecule has 1 aliphatic carbocycles. The van der Waals surface area contributed by atoms with Gasteiger partial charge in [0, 0.05) is 25.8 Å². The van der Waals surface area contributed by atoms with Crippen LogP contribution in [-0.2, 0) is 11.2 Å². The van der Waals surface area contributed by atoms with Crippen LogP contribution in [0.4, 0.5) is 4.79 Å². The summed E-state index contributed by atoms with van der Waals surface area (Å²) in [5.74, 6) is 0. The zero-order chi connectivity index (χ0) is 16.9. The van der Waals surface area contributed by atoms with Crippen molar-refractivity contribution in [2.45, 2.75) is 58.6 Å². The van der Waals surface area contributed by atoms with E-state index in [1.807, 2.05) is 33.0 Å². The molecule has 0 aromatic carbocycles. The number of aryl methyl sites for hydroxylation is 1. The van der Waals surface area contributed by atoms with Gasteiger partial charge in [-0.2, -0.15) is 0 Å². The number of pyridine rings is 1. The highest BCUT2D eigenvalue weighted by atomic mass is 16.6. The Morgan fingerprint density at radius 3 is 2.91 bits per heavy atom. The summed E-state index contributed by atoms with van der Waals surface area (Å²) in [7, 11) is 0. The molecule has 128 valence electrons. The normalized spacial score (nSPS) is 17.0. The van der Waals surface area contributed by atoms with E-state index in [4.69, 9.17) is 4.74 Å². The molecule has 1 aliphatic rings. The minimum absolute atomic E-state index is 0.230. The van der Waals surface area contributed by atoms with Crippen LogP contribution in [0.15, 0.2) is 18.3 Å². The topological polar surface area (TPSA) is 54.5 Å². The number of carbonyl (C=O) groups is 1. The third kappa shape index (κ3) is 5.20. The molecule has 0 bridgehead atoms. The van der Waals surface area contributed by atoms with Crippen molar-refractivity contribution in [3.05, 3.63) is 29.6 Å². The second-order valence-electron chi connectivity index (χ2n) is 7.06. The fourth-order valence-corrected chi connectivity index (χ4v) is 2.88. The fourth-order valence-electron chi connectivity index (χ4n) is 2.88. The highest BCUT2D eigenvalue weighted by Crippen LogP contribution is 2.28. The van der Waals surface area contributed by atoms with Crippen LogP contribution in [0, 0.1) is 0 Å². The highest BCUT2D eigenvalue weighted by Gasteiger charge is 2.24. The largest absolute Gasteiger partial charge is 0.444 e. The Kier molecular flexibility index (Phi) is 5.99. The number of nitrogens with one attached hydrogen (secondary N) is 1. The zero-order valence-corrected chi connectivity index (χ0v) is 14.8. The number of hydrogen-bond acceptors (Lipinski definition) is 4. The van der Waals surface area contributed by atoms with Gasteiger partial charge in [0.2, 0.25) is 0 Å². The maximum Gasteiger partial charge on any atom is 0.410 e. The molecular formula is C18H29N3O2. The third-order valence-electron chi connectivity index (χ3n) is 3.88. The van der Waals surface area contributed by atoms with Gasteiger partial charge < -0.3 is 15.0 Å². The average molecular weight is 319 g/mol. The lowest BCUT2D eigenvalue weighted by molar-refractivity contribution is 0.0250. The van der Waals surface area contributed by atoms with Crippen molar-refractivity contribution in [1.82, 2.24) is 15.2 Å². The molecule has 0 spiro atoms. The molecule has 0 fully saturated rings. The number of hydrogen-bond donors (Lipinski definition) is 1. The average Bonchev–Trinajstić information content (AvgIpc) is 2.88. The molecule has 23 heavy (non-hydrogen) atoms. The minimum atomic E-state index is -0.454. The molecule has 0 radical (unpaired) electrons. The standard InChI is InChI=1S/C18H29N3O2/c1-5-12-21(17(22)23-18(2,3)4)13-11-19-15-9-8-14-7-6-10-20-16(14)15/h6-7,10,15,19H,5,8-9,11-13H2,1-4H3. The molecule has 5 nitrogen and oxygen atoms in total. The van der Waals surface area contributed by atoms with Gasteiger partial charge in [-0.15, -0.1) is 0 Å². The Labute approximate surface area is 139 Å². The molecule has 5 heteroatoms. The lowest BCUT2D eigenvalue weighted by Gasteiger charge is -2.27. The van der Waals surface area contributed by atoms with Crippen LogP contribution in [-0.4, -0.2) is 41.2 Å². The van der Waals surface area contributed by atoms with Crippen LogP contribution in [0.25, 0.3) is 0 Å². The van der Waals surface area contributed by atoms with E-state index in [9.17, 15) is 4.79 Å². The molecule has 1 aromatic heterocycles. The minimum Gasteiger partial charge on any atom is -0.444 e. The zero-order valence-electron chi connectivity index (χ0n) is 14.8. The van der Waals surface area contributed by atoms with E-state index >= 15 is 0 Å². The number of rotatable bonds is 6. The van der Waals surface area contributed by atoms with Crippen LogP contribution < -0.4 is 5.32 Å². The van der Waals surface area contributed by atoms with E-state index in [0.717, 1.165) is 38.0 Å². The summed E-state index contributed by atoms with van der Waals surface area (Å²) in [6.07, 6.45) is 4.69. The summed E-state index contributed by atoms with van der Waals surface area (Å²) < 4.78 is 5.48. The molecule has 1 unspecified atom stereocenters. The van der Waals surface area contributed by atoms with Crippen molar-refractivity contribution in [2.75, 3.05) is 19.6 Å². The van der Waals surface area contributed by atoms with Gasteiger partial charge >= 0.3 is 6.09 Å². The van der Waals surface area contributed by atoms with Crippen LogP contribution in [0.1, 0.15) is 57.8 Å². The van der Waals surface area contributed by atoms with Gasteiger partial charge in [0.05, 0.1) is 11.7 Å². The lowest BCUT2D eigenvalue weighted by Crippen LogP contribution is -2.41. The SMILES string of the molecule is CCCN(CCNC1CCc2cccnc21)C(=O)OC(C)(C)C. The summed E-state index contributed by atoms with van der Waals surface area (Å²) in [6, 6.07) is 4.44. The van der Waals surface area contributed by atoms with Gasteiger partial charge in [0.1, 0.15) is 5.60 Å². The first-order valence-corrected chi connectivity index (χ1v) is 8.56. The molecule has 0 aliphatic heterocycles. The Balaban J connectivity index is 1.84. The van der Waals surface area contributed by atoms with Crippen LogP contribution >= 0.6 is 0 Å². The van der Waals surface area contributed by atoms with Gasteiger partial charge in [-0.25, -0.2) is 4.79 Å². The van der Waals surface area contributed by atoms with Crippen molar-refractivity contribution in [1.29, 1.82) is 0 Å². The van der Waals surface area contributed by atoms with Crippen LogP contribution in [0.5, 0.6) is 0 Å². The molecule has 2 rings (SSSR count). The predicted molar refractivity (Wildman–Crippen MR) is 91.4 cm³/mol. The van der Waals surface area contributed by atoms with Gasteiger partial charge in [0.25, 0.3) is 0 Å². The van der Waals surface area contributed by atoms with Crippen molar-refractivity contribution in [3.63, 3.8) is 0 Å². The van der Waals surface area contributed by atoms with Gasteiger partial charge in [-0.05, 0) is 51.7 Å². The summed E-state index contributed by atoms with van der Waals surface area (Å²) in [5.41, 5.74) is 2.04. The second kappa shape index (κ2) is 7.77. The molecule has 0 saturated carbocycles. The number of ether oxygens (including phenoxy) is 1. The van der Waals surface area contributed by atoms with Crippen LogP contribution in [0.3, 0.4) is 0 Å². The monoisotopic (exact) mass is 319 g/mol. The summed E-state index contributed by atoms with van der Waals surface area (Å²) in [5, 5.41) is 3.53. The van der Waals surface area contributed by atoms with Crippen LogP contribution in [0.2, 0.25) is 0 Å². The number of amides is 1. The number of carbonyl (C=O) groups excluding carboxylic acids is 1. The summed E-state index contributed by atoms with van der Waals surface area (Å²) >= 11 is 0. The van der Waals surface area contributed by atoms with E-state index < -0.39 is 5.60 Å². The Morgan fingerprint density at radius 2 is 2.22 bits per heavy atom. The number of aromatic nitrogens is 1. The maximum atomic E-state index is 12.2. The van der Waals surface area contributed by atoms with Gasteiger partial charge in [0.15, 0.2) is 0 Å². The third-order valence-corrected chi connectivity index (χ3v) is 3.88. The van der Waals surface area contributed by atoms with Crippen molar-refractivity contribution in [2.24, 2.45) is 0 Å². The molecule has 1 N–H and O–H groups in total. The Morgan fingerprint density at radius 1 is 1.43 bits per heavy atom. The molecule has 0 saturated heterocycles. The highest BCUT2D eigenvalue weighted by molar-refractivity contribution is 5.68. The van der Waals surface area contributed by atoms with E-state index in [-0.39, 0.29) is 6.09 Å². The molecular weight excluding hydrogens is 290 g/mol. The van der Waals surface area contributed by atoms with E-state index in [0.29, 0.717) is 12.6 Å². The molecule has 1 aromatic rings. The van der Waals surface area contributed by atoms with E-state index in [1.165, 1.54) is 5.56 Å². The van der Waals surface area contributed by atoms with Crippen molar-refractivity contribution >= 4 is 6.09 Å². The molecule has 1 heterocycles. The van der Waals surface area contributed by atoms with E-state index in [1.54, 1.807) is 4.90 Å². The number of fused-ring (bicyclic) bond motifs is 1. The Hall–Kier alpha value is -1.62.